The van der Waals surface area contributed by atoms with Crippen LogP contribution in [0.3, 0.4) is 0 Å². The molecule has 4 nitrogen and oxygen atoms in total. The summed E-state index contributed by atoms with van der Waals surface area (Å²) in [6.45, 7) is 3.57. The van der Waals surface area contributed by atoms with Crippen molar-refractivity contribution in [1.82, 2.24) is 0 Å². The highest BCUT2D eigenvalue weighted by molar-refractivity contribution is 14.1. The molecule has 0 bridgehead atoms. The van der Waals surface area contributed by atoms with E-state index in [-0.39, 0.29) is 5.91 Å². The Hall–Kier alpha value is -1.60. The zero-order valence-corrected chi connectivity index (χ0v) is 14.5. The van der Waals surface area contributed by atoms with Crippen molar-refractivity contribution in [1.29, 1.82) is 0 Å². The Labute approximate surface area is 144 Å². The summed E-state index contributed by atoms with van der Waals surface area (Å²) in [5, 5.41) is 2.90. The lowest BCUT2D eigenvalue weighted by molar-refractivity contribution is 0.102. The van der Waals surface area contributed by atoms with Gasteiger partial charge in [-0.05, 0) is 53.8 Å². The molecule has 0 saturated carbocycles. The topological polar surface area (TPSA) is 47.6 Å². The largest absolute Gasteiger partial charge is 0.489 e. The Morgan fingerprint density at radius 2 is 1.82 bits per heavy atom. The minimum absolute atomic E-state index is 0.147. The zero-order valence-electron chi connectivity index (χ0n) is 12.3. The molecular weight excluding hydrogens is 393 g/mol. The van der Waals surface area contributed by atoms with Crippen LogP contribution in [0.15, 0.2) is 48.5 Å². The van der Waals surface area contributed by atoms with E-state index in [1.54, 1.807) is 6.07 Å². The van der Waals surface area contributed by atoms with Crippen molar-refractivity contribution in [3.63, 3.8) is 0 Å². The third kappa shape index (κ3) is 4.71. The first-order chi connectivity index (χ1) is 10.7. The summed E-state index contributed by atoms with van der Waals surface area (Å²) in [7, 11) is 0. The maximum atomic E-state index is 12.4. The molecule has 1 N–H and O–H groups in total. The standard InChI is InChI=1S/C17H18INO3/c1-2-21-11-12-22-16-10-6-5-9-15(16)19-17(20)13-7-3-4-8-14(13)18/h3-10H,2,11-12H2,1H3,(H,19,20). The number of benzene rings is 2. The Bertz CT molecular complexity index is 631. The van der Waals surface area contributed by atoms with Crippen molar-refractivity contribution in [2.45, 2.75) is 6.92 Å². The number of rotatable bonds is 7. The summed E-state index contributed by atoms with van der Waals surface area (Å²) in [5.74, 6) is 0.493. The Morgan fingerprint density at radius 1 is 1.09 bits per heavy atom. The van der Waals surface area contributed by atoms with Crippen molar-refractivity contribution in [3.05, 3.63) is 57.7 Å². The monoisotopic (exact) mass is 411 g/mol. The highest BCUT2D eigenvalue weighted by Gasteiger charge is 2.12. The molecule has 22 heavy (non-hydrogen) atoms. The molecule has 1 amide bonds. The third-order valence-corrected chi connectivity index (χ3v) is 3.88. The molecule has 0 saturated heterocycles. The molecule has 0 aliphatic rings. The summed E-state index contributed by atoms with van der Waals surface area (Å²) in [6.07, 6.45) is 0. The SMILES string of the molecule is CCOCCOc1ccccc1NC(=O)c1ccccc1I. The van der Waals surface area contributed by atoms with Crippen LogP contribution in [0.2, 0.25) is 0 Å². The van der Waals surface area contributed by atoms with Gasteiger partial charge in [0.2, 0.25) is 0 Å². The smallest absolute Gasteiger partial charge is 0.256 e. The maximum absolute atomic E-state index is 12.4. The minimum atomic E-state index is -0.147. The molecule has 0 aromatic heterocycles. The number of hydrogen-bond donors (Lipinski definition) is 1. The van der Waals surface area contributed by atoms with Crippen LogP contribution in [0.4, 0.5) is 5.69 Å². The van der Waals surface area contributed by atoms with Gasteiger partial charge in [0.1, 0.15) is 12.4 Å². The lowest BCUT2D eigenvalue weighted by Gasteiger charge is -2.13. The van der Waals surface area contributed by atoms with Crippen molar-refractivity contribution in [2.24, 2.45) is 0 Å². The number of carbonyl (C=O) groups is 1. The van der Waals surface area contributed by atoms with Crippen molar-refractivity contribution in [3.8, 4) is 5.75 Å². The van der Waals surface area contributed by atoms with Crippen molar-refractivity contribution in [2.75, 3.05) is 25.1 Å². The summed E-state index contributed by atoms with van der Waals surface area (Å²) < 4.78 is 11.8. The molecule has 116 valence electrons. The van der Waals surface area contributed by atoms with E-state index in [1.165, 1.54) is 0 Å². The second kappa shape index (κ2) is 8.75. The van der Waals surface area contributed by atoms with Crippen LogP contribution in [0.25, 0.3) is 0 Å². The normalized spacial score (nSPS) is 10.3. The number of para-hydroxylation sites is 2. The molecular formula is C17H18INO3. The van der Waals surface area contributed by atoms with Gasteiger partial charge in [0, 0.05) is 10.2 Å². The first kappa shape index (κ1) is 16.8. The van der Waals surface area contributed by atoms with Crippen molar-refractivity contribution >= 4 is 34.2 Å². The summed E-state index contributed by atoms with van der Waals surface area (Å²) in [4.78, 5) is 12.4. The van der Waals surface area contributed by atoms with Crippen LogP contribution in [-0.4, -0.2) is 25.7 Å². The van der Waals surface area contributed by atoms with Gasteiger partial charge in [-0.1, -0.05) is 24.3 Å². The fourth-order valence-electron chi connectivity index (χ4n) is 1.89. The fourth-order valence-corrected chi connectivity index (χ4v) is 2.52. The number of hydrogen-bond acceptors (Lipinski definition) is 3. The van der Waals surface area contributed by atoms with Gasteiger partial charge < -0.3 is 14.8 Å². The van der Waals surface area contributed by atoms with E-state index in [9.17, 15) is 4.79 Å². The van der Waals surface area contributed by atoms with E-state index in [0.29, 0.717) is 36.8 Å². The third-order valence-electron chi connectivity index (χ3n) is 2.94. The molecule has 0 atom stereocenters. The van der Waals surface area contributed by atoms with Crippen molar-refractivity contribution < 1.29 is 14.3 Å². The zero-order chi connectivity index (χ0) is 15.8. The number of carbonyl (C=O) groups excluding carboxylic acids is 1. The van der Waals surface area contributed by atoms with E-state index < -0.39 is 0 Å². The second-order valence-corrected chi connectivity index (χ2v) is 5.64. The van der Waals surface area contributed by atoms with Gasteiger partial charge in [-0.15, -0.1) is 0 Å². The number of halogens is 1. The van der Waals surface area contributed by atoms with E-state index in [2.05, 4.69) is 27.9 Å². The minimum Gasteiger partial charge on any atom is -0.489 e. The van der Waals surface area contributed by atoms with Gasteiger partial charge in [0.15, 0.2) is 0 Å². The van der Waals surface area contributed by atoms with Crippen LogP contribution in [-0.2, 0) is 4.74 Å². The lowest BCUT2D eigenvalue weighted by Crippen LogP contribution is -2.15. The van der Waals surface area contributed by atoms with Crippen LogP contribution in [0.1, 0.15) is 17.3 Å². The molecule has 0 heterocycles. The molecule has 2 aromatic rings. The number of nitrogens with one attached hydrogen (secondary N) is 1. The van der Waals surface area contributed by atoms with E-state index in [4.69, 9.17) is 9.47 Å². The predicted molar refractivity (Wildman–Crippen MR) is 95.5 cm³/mol. The molecule has 0 fully saturated rings. The van der Waals surface area contributed by atoms with Crippen LogP contribution in [0.5, 0.6) is 5.75 Å². The quantitative estimate of drug-likeness (QED) is 0.555. The average molecular weight is 411 g/mol. The Morgan fingerprint density at radius 3 is 2.59 bits per heavy atom. The molecule has 5 heteroatoms. The van der Waals surface area contributed by atoms with Crippen LogP contribution >= 0.6 is 22.6 Å². The lowest BCUT2D eigenvalue weighted by atomic mass is 10.2. The van der Waals surface area contributed by atoms with E-state index in [0.717, 1.165) is 3.57 Å². The highest BCUT2D eigenvalue weighted by Crippen LogP contribution is 2.25. The number of anilines is 1. The molecule has 0 spiro atoms. The summed E-state index contributed by atoms with van der Waals surface area (Å²) in [5.41, 5.74) is 1.30. The van der Waals surface area contributed by atoms with Gasteiger partial charge in [0.25, 0.3) is 5.91 Å². The molecule has 2 rings (SSSR count). The van der Waals surface area contributed by atoms with E-state index >= 15 is 0 Å². The fraction of sp³-hybridized carbons (Fsp3) is 0.235. The van der Waals surface area contributed by atoms with Gasteiger partial charge >= 0.3 is 0 Å². The highest BCUT2D eigenvalue weighted by atomic mass is 127. The van der Waals surface area contributed by atoms with Gasteiger partial charge in [-0.2, -0.15) is 0 Å². The first-order valence-electron chi connectivity index (χ1n) is 7.08. The second-order valence-electron chi connectivity index (χ2n) is 4.48. The summed E-state index contributed by atoms with van der Waals surface area (Å²) in [6, 6.07) is 14.8. The number of amides is 1. The van der Waals surface area contributed by atoms with E-state index in [1.807, 2.05) is 49.4 Å². The molecule has 2 aromatic carbocycles. The Balaban J connectivity index is 2.06. The van der Waals surface area contributed by atoms with Gasteiger partial charge in [0.05, 0.1) is 17.9 Å². The van der Waals surface area contributed by atoms with Gasteiger partial charge in [-0.3, -0.25) is 4.79 Å². The molecule has 0 aliphatic carbocycles. The molecule has 0 radical (unpaired) electrons. The maximum Gasteiger partial charge on any atom is 0.256 e. The summed E-state index contributed by atoms with van der Waals surface area (Å²) >= 11 is 2.15. The van der Waals surface area contributed by atoms with Crippen LogP contribution in [0, 0.1) is 3.57 Å². The Kier molecular flexibility index (Phi) is 6.67. The number of ether oxygens (including phenoxy) is 2. The van der Waals surface area contributed by atoms with Gasteiger partial charge in [-0.25, -0.2) is 0 Å². The molecule has 0 unspecified atom stereocenters. The average Bonchev–Trinajstić information content (AvgIpc) is 2.53. The van der Waals surface area contributed by atoms with Crippen LogP contribution < -0.4 is 10.1 Å². The first-order valence-corrected chi connectivity index (χ1v) is 8.15. The predicted octanol–water partition coefficient (Wildman–Crippen LogP) is 3.96. The molecule has 0 aliphatic heterocycles.